The van der Waals surface area contributed by atoms with Crippen molar-refractivity contribution in [2.75, 3.05) is 11.5 Å². The van der Waals surface area contributed by atoms with Crippen LogP contribution in [0, 0.1) is 12.8 Å². The number of rotatable bonds is 4. The van der Waals surface area contributed by atoms with Crippen molar-refractivity contribution in [3.05, 3.63) is 40.4 Å². The quantitative estimate of drug-likeness (QED) is 0.622. The first-order valence-corrected chi connectivity index (χ1v) is 9.68. The van der Waals surface area contributed by atoms with Gasteiger partial charge in [-0.2, -0.15) is 0 Å². The molecule has 1 aliphatic rings. The summed E-state index contributed by atoms with van der Waals surface area (Å²) in [5, 5.41) is 0.609. The number of halogens is 1. The SMILES string of the molecule is Cc1ccc(/C=C/C(=O)NNC(=O)CC2CCS(=O)(=O)C2)cc1Cl. The molecule has 130 valence electrons. The van der Waals surface area contributed by atoms with E-state index in [1.165, 1.54) is 6.08 Å². The molecule has 2 N–H and O–H groups in total. The number of sulfone groups is 1. The normalized spacial score (nSPS) is 19.3. The molecule has 1 atom stereocenters. The number of hydrogen-bond donors (Lipinski definition) is 2. The van der Waals surface area contributed by atoms with E-state index < -0.39 is 21.7 Å². The molecule has 1 heterocycles. The first-order chi connectivity index (χ1) is 11.2. The zero-order chi connectivity index (χ0) is 17.7. The van der Waals surface area contributed by atoms with Crippen LogP contribution in [-0.4, -0.2) is 31.7 Å². The van der Waals surface area contributed by atoms with Crippen LogP contribution in [0.2, 0.25) is 5.02 Å². The van der Waals surface area contributed by atoms with E-state index in [0.717, 1.165) is 11.1 Å². The minimum absolute atomic E-state index is 0.0302. The molecule has 1 unspecified atom stereocenters. The number of hydrazine groups is 1. The molecule has 2 amide bonds. The van der Waals surface area contributed by atoms with Gasteiger partial charge in [0.1, 0.15) is 0 Å². The Morgan fingerprint density at radius 1 is 1.33 bits per heavy atom. The van der Waals surface area contributed by atoms with E-state index in [0.29, 0.717) is 11.4 Å². The molecule has 1 saturated heterocycles. The number of aryl methyl sites for hydroxylation is 1. The van der Waals surface area contributed by atoms with Gasteiger partial charge in [0.05, 0.1) is 11.5 Å². The summed E-state index contributed by atoms with van der Waals surface area (Å²) >= 11 is 6.00. The van der Waals surface area contributed by atoms with E-state index in [9.17, 15) is 18.0 Å². The number of nitrogens with one attached hydrogen (secondary N) is 2. The molecular weight excluding hydrogens is 352 g/mol. The maximum atomic E-state index is 11.7. The summed E-state index contributed by atoms with van der Waals surface area (Å²) in [7, 11) is -3.01. The minimum Gasteiger partial charge on any atom is -0.273 e. The number of amides is 2. The zero-order valence-electron chi connectivity index (χ0n) is 13.2. The van der Waals surface area contributed by atoms with E-state index in [1.54, 1.807) is 12.1 Å². The van der Waals surface area contributed by atoms with Crippen molar-refractivity contribution in [2.45, 2.75) is 19.8 Å². The predicted molar refractivity (Wildman–Crippen MR) is 92.9 cm³/mol. The van der Waals surface area contributed by atoms with Crippen molar-refractivity contribution in [2.24, 2.45) is 5.92 Å². The van der Waals surface area contributed by atoms with Crippen molar-refractivity contribution in [3.8, 4) is 0 Å². The highest BCUT2D eigenvalue weighted by molar-refractivity contribution is 7.91. The Labute approximate surface area is 146 Å². The molecule has 0 spiro atoms. The second-order valence-electron chi connectivity index (χ2n) is 5.85. The Morgan fingerprint density at radius 3 is 2.71 bits per heavy atom. The van der Waals surface area contributed by atoms with Gasteiger partial charge in [0.25, 0.3) is 5.91 Å². The Morgan fingerprint density at radius 2 is 2.08 bits per heavy atom. The third-order valence-electron chi connectivity index (χ3n) is 3.75. The van der Waals surface area contributed by atoms with Gasteiger partial charge >= 0.3 is 0 Å². The highest BCUT2D eigenvalue weighted by atomic mass is 35.5. The van der Waals surface area contributed by atoms with Gasteiger partial charge in [-0.15, -0.1) is 0 Å². The standard InChI is InChI=1S/C16H19ClN2O4S/c1-11-2-3-12(8-14(11)17)4-5-15(20)18-19-16(21)9-13-6-7-24(22,23)10-13/h2-5,8,13H,6-7,9-10H2,1H3,(H,18,20)(H,19,21)/b5-4+. The maximum Gasteiger partial charge on any atom is 0.262 e. The average molecular weight is 371 g/mol. The number of benzene rings is 1. The topological polar surface area (TPSA) is 92.3 Å². The van der Waals surface area contributed by atoms with Crippen LogP contribution < -0.4 is 10.9 Å². The predicted octanol–water partition coefficient (Wildman–Crippen LogP) is 1.63. The Balaban J connectivity index is 1.77. The van der Waals surface area contributed by atoms with E-state index >= 15 is 0 Å². The van der Waals surface area contributed by atoms with Gasteiger partial charge in [-0.25, -0.2) is 8.42 Å². The molecule has 0 radical (unpaired) electrons. The van der Waals surface area contributed by atoms with Crippen LogP contribution in [0.25, 0.3) is 6.08 Å². The summed E-state index contributed by atoms with van der Waals surface area (Å²) in [5.74, 6) is -0.921. The summed E-state index contributed by atoms with van der Waals surface area (Å²) in [4.78, 5) is 23.4. The molecule has 24 heavy (non-hydrogen) atoms. The summed E-state index contributed by atoms with van der Waals surface area (Å²) in [6.07, 6.45) is 3.42. The number of carbonyl (C=O) groups is 2. The van der Waals surface area contributed by atoms with E-state index in [1.807, 2.05) is 19.1 Å². The molecule has 6 nitrogen and oxygen atoms in total. The summed E-state index contributed by atoms with van der Waals surface area (Å²) in [6.45, 7) is 1.88. The molecule has 2 rings (SSSR count). The minimum atomic E-state index is -3.01. The number of carbonyl (C=O) groups excluding carboxylic acids is 2. The van der Waals surface area contributed by atoms with Crippen LogP contribution in [0.15, 0.2) is 24.3 Å². The Kier molecular flexibility index (Phi) is 6.01. The summed E-state index contributed by atoms with van der Waals surface area (Å²) in [6, 6.07) is 5.40. The molecule has 0 aromatic heterocycles. The van der Waals surface area contributed by atoms with Crippen LogP contribution >= 0.6 is 11.6 Å². The fraction of sp³-hybridized carbons (Fsp3) is 0.375. The fourth-order valence-corrected chi connectivity index (χ4v) is 4.45. The van der Waals surface area contributed by atoms with Crippen molar-refractivity contribution < 1.29 is 18.0 Å². The molecule has 0 bridgehead atoms. The lowest BCUT2D eigenvalue weighted by Gasteiger charge is -2.08. The van der Waals surface area contributed by atoms with Gasteiger partial charge < -0.3 is 0 Å². The van der Waals surface area contributed by atoms with Gasteiger partial charge in [0, 0.05) is 17.5 Å². The third kappa shape index (κ3) is 5.65. The van der Waals surface area contributed by atoms with Crippen molar-refractivity contribution in [1.82, 2.24) is 10.9 Å². The third-order valence-corrected chi connectivity index (χ3v) is 5.99. The van der Waals surface area contributed by atoms with Crippen molar-refractivity contribution >= 4 is 39.3 Å². The van der Waals surface area contributed by atoms with E-state index in [4.69, 9.17) is 11.6 Å². The monoisotopic (exact) mass is 370 g/mol. The van der Waals surface area contributed by atoms with E-state index in [-0.39, 0.29) is 23.8 Å². The van der Waals surface area contributed by atoms with Crippen molar-refractivity contribution in [1.29, 1.82) is 0 Å². The van der Waals surface area contributed by atoms with Crippen molar-refractivity contribution in [3.63, 3.8) is 0 Å². The fourth-order valence-electron chi connectivity index (χ4n) is 2.40. The highest BCUT2D eigenvalue weighted by Gasteiger charge is 2.29. The smallest absolute Gasteiger partial charge is 0.262 e. The maximum absolute atomic E-state index is 11.7. The molecule has 1 fully saturated rings. The van der Waals surface area contributed by atoms with Crippen LogP contribution in [0.3, 0.4) is 0 Å². The van der Waals surface area contributed by atoms with Gasteiger partial charge in [-0.1, -0.05) is 23.7 Å². The van der Waals surface area contributed by atoms with E-state index in [2.05, 4.69) is 10.9 Å². The van der Waals surface area contributed by atoms with Gasteiger partial charge in [0.2, 0.25) is 5.91 Å². The average Bonchev–Trinajstić information content (AvgIpc) is 2.85. The molecule has 1 aromatic rings. The van der Waals surface area contributed by atoms with Crippen LogP contribution in [0.4, 0.5) is 0 Å². The second kappa shape index (κ2) is 7.81. The zero-order valence-corrected chi connectivity index (χ0v) is 14.8. The molecule has 0 aliphatic carbocycles. The molecule has 8 heteroatoms. The van der Waals surface area contributed by atoms with Crippen LogP contribution in [0.5, 0.6) is 0 Å². The lowest BCUT2D eigenvalue weighted by Crippen LogP contribution is -2.41. The molecular formula is C16H19ClN2O4S. The van der Waals surface area contributed by atoms with Crippen LogP contribution in [-0.2, 0) is 19.4 Å². The van der Waals surface area contributed by atoms with Gasteiger partial charge in [-0.05, 0) is 42.5 Å². The first-order valence-electron chi connectivity index (χ1n) is 7.48. The largest absolute Gasteiger partial charge is 0.273 e. The summed E-state index contributed by atoms with van der Waals surface area (Å²) in [5.41, 5.74) is 6.26. The lowest BCUT2D eigenvalue weighted by atomic mass is 10.1. The van der Waals surface area contributed by atoms with Gasteiger partial charge in [0.15, 0.2) is 9.84 Å². The Hall–Kier alpha value is -1.86. The molecule has 1 aromatic carbocycles. The molecule has 1 aliphatic heterocycles. The molecule has 0 saturated carbocycles. The number of hydrogen-bond acceptors (Lipinski definition) is 4. The van der Waals surface area contributed by atoms with Gasteiger partial charge in [-0.3, -0.25) is 20.4 Å². The second-order valence-corrected chi connectivity index (χ2v) is 8.49. The highest BCUT2D eigenvalue weighted by Crippen LogP contribution is 2.21. The Bertz CT molecular complexity index is 774. The van der Waals surface area contributed by atoms with Crippen LogP contribution in [0.1, 0.15) is 24.0 Å². The lowest BCUT2D eigenvalue weighted by molar-refractivity contribution is -0.127. The summed E-state index contributed by atoms with van der Waals surface area (Å²) < 4.78 is 22.7. The first kappa shape index (κ1) is 18.5.